The number of rotatable bonds is 6. The van der Waals surface area contributed by atoms with Crippen molar-refractivity contribution in [2.45, 2.75) is 34.6 Å². The Bertz CT molecular complexity index is 873. The fraction of sp³-hybridized carbons (Fsp3) is 0.421. The number of ketones is 1. The van der Waals surface area contributed by atoms with Gasteiger partial charge < -0.3 is 19.0 Å². The van der Waals surface area contributed by atoms with Gasteiger partial charge in [0, 0.05) is 29.7 Å². The van der Waals surface area contributed by atoms with E-state index in [1.165, 1.54) is 0 Å². The predicted octanol–water partition coefficient (Wildman–Crippen LogP) is 2.80. The molecule has 2 heterocycles. The minimum absolute atomic E-state index is 0.220. The summed E-state index contributed by atoms with van der Waals surface area (Å²) in [7, 11) is 1.87. The fourth-order valence-electron chi connectivity index (χ4n) is 2.88. The van der Waals surface area contributed by atoms with Crippen molar-refractivity contribution < 1.29 is 23.9 Å². The number of carbonyl (C=O) groups is 3. The molecule has 26 heavy (non-hydrogen) atoms. The van der Waals surface area contributed by atoms with E-state index in [0.29, 0.717) is 16.8 Å². The highest BCUT2D eigenvalue weighted by molar-refractivity contribution is 6.02. The molecule has 2 rings (SSSR count). The number of Topliss-reactive ketones (excluding diaryl/α,β-unsaturated/α-hetero) is 1. The van der Waals surface area contributed by atoms with E-state index in [-0.39, 0.29) is 30.3 Å². The van der Waals surface area contributed by atoms with E-state index < -0.39 is 11.9 Å². The lowest BCUT2D eigenvalue weighted by Crippen LogP contribution is -2.16. The van der Waals surface area contributed by atoms with Gasteiger partial charge >= 0.3 is 11.9 Å². The molecule has 0 fully saturated rings. The number of esters is 2. The molecule has 0 saturated heterocycles. The van der Waals surface area contributed by atoms with Gasteiger partial charge in [0.05, 0.1) is 12.2 Å². The standard InChI is InChI=1S/C19H24N2O5/c1-7-25-19(24)17-11(3)16(12(4)20-17)18(23)26-9-15(22)14-8-10(2)21(6)13(14)5/h8,20H,7,9H2,1-6H3. The third-order valence-electron chi connectivity index (χ3n) is 4.53. The molecule has 0 spiro atoms. The van der Waals surface area contributed by atoms with Crippen LogP contribution in [0.15, 0.2) is 6.07 Å². The van der Waals surface area contributed by atoms with E-state index in [1.54, 1.807) is 26.8 Å². The Hall–Kier alpha value is -2.83. The van der Waals surface area contributed by atoms with Crippen LogP contribution >= 0.6 is 0 Å². The average Bonchev–Trinajstić information content (AvgIpc) is 3.03. The van der Waals surface area contributed by atoms with Crippen LogP contribution in [0.25, 0.3) is 0 Å². The van der Waals surface area contributed by atoms with Crippen LogP contribution in [-0.4, -0.2) is 40.5 Å². The van der Waals surface area contributed by atoms with Crippen molar-refractivity contribution in [3.63, 3.8) is 0 Å². The highest BCUT2D eigenvalue weighted by Gasteiger charge is 2.25. The monoisotopic (exact) mass is 360 g/mol. The van der Waals surface area contributed by atoms with E-state index in [2.05, 4.69) is 4.98 Å². The van der Waals surface area contributed by atoms with Crippen LogP contribution in [0.2, 0.25) is 0 Å². The van der Waals surface area contributed by atoms with Gasteiger partial charge in [0.25, 0.3) is 0 Å². The van der Waals surface area contributed by atoms with Gasteiger partial charge in [-0.15, -0.1) is 0 Å². The summed E-state index contributed by atoms with van der Waals surface area (Å²) in [5.41, 5.74) is 3.72. The second-order valence-corrected chi connectivity index (χ2v) is 6.19. The Morgan fingerprint density at radius 2 is 1.73 bits per heavy atom. The lowest BCUT2D eigenvalue weighted by Gasteiger charge is -2.06. The zero-order valence-corrected chi connectivity index (χ0v) is 16.0. The molecule has 0 saturated carbocycles. The van der Waals surface area contributed by atoms with Gasteiger partial charge in [-0.25, -0.2) is 9.59 Å². The van der Waals surface area contributed by atoms with Crippen LogP contribution < -0.4 is 0 Å². The van der Waals surface area contributed by atoms with Gasteiger partial charge in [0.2, 0.25) is 5.78 Å². The van der Waals surface area contributed by atoms with Crippen molar-refractivity contribution in [3.05, 3.63) is 45.5 Å². The summed E-state index contributed by atoms with van der Waals surface area (Å²) in [4.78, 5) is 39.6. The fourth-order valence-corrected chi connectivity index (χ4v) is 2.88. The molecular formula is C19H24N2O5. The summed E-state index contributed by atoms with van der Waals surface area (Å²) in [6.45, 7) is 8.63. The summed E-state index contributed by atoms with van der Waals surface area (Å²) in [6.07, 6.45) is 0. The molecule has 2 aromatic heterocycles. The van der Waals surface area contributed by atoms with Crippen molar-refractivity contribution in [1.82, 2.24) is 9.55 Å². The first kappa shape index (κ1) is 19.5. The maximum atomic E-state index is 12.4. The number of aromatic nitrogens is 2. The van der Waals surface area contributed by atoms with E-state index in [4.69, 9.17) is 9.47 Å². The number of hydrogen-bond donors (Lipinski definition) is 1. The van der Waals surface area contributed by atoms with Crippen molar-refractivity contribution >= 4 is 17.7 Å². The normalized spacial score (nSPS) is 10.7. The molecule has 2 aromatic rings. The zero-order valence-electron chi connectivity index (χ0n) is 16.0. The van der Waals surface area contributed by atoms with Crippen LogP contribution in [0.4, 0.5) is 0 Å². The first-order valence-corrected chi connectivity index (χ1v) is 8.38. The maximum absolute atomic E-state index is 12.4. The maximum Gasteiger partial charge on any atom is 0.355 e. The van der Waals surface area contributed by atoms with Crippen LogP contribution in [0, 0.1) is 27.7 Å². The zero-order chi connectivity index (χ0) is 19.6. The van der Waals surface area contributed by atoms with Crippen molar-refractivity contribution in [2.75, 3.05) is 13.2 Å². The van der Waals surface area contributed by atoms with E-state index in [1.807, 2.05) is 25.5 Å². The van der Waals surface area contributed by atoms with Crippen molar-refractivity contribution in [3.8, 4) is 0 Å². The largest absolute Gasteiger partial charge is 0.461 e. The Morgan fingerprint density at radius 3 is 2.27 bits per heavy atom. The highest BCUT2D eigenvalue weighted by Crippen LogP contribution is 2.20. The summed E-state index contributed by atoms with van der Waals surface area (Å²) in [5.74, 6) is -1.44. The minimum atomic E-state index is -0.648. The van der Waals surface area contributed by atoms with Crippen LogP contribution in [0.1, 0.15) is 60.8 Å². The van der Waals surface area contributed by atoms with Crippen LogP contribution in [-0.2, 0) is 16.5 Å². The van der Waals surface area contributed by atoms with Gasteiger partial charge in [-0.05, 0) is 46.2 Å². The first-order valence-electron chi connectivity index (χ1n) is 8.38. The number of aromatic amines is 1. The van der Waals surface area contributed by atoms with E-state index >= 15 is 0 Å². The van der Waals surface area contributed by atoms with E-state index in [0.717, 1.165) is 11.4 Å². The molecule has 0 amide bonds. The Labute approximate surface area is 152 Å². The molecular weight excluding hydrogens is 336 g/mol. The van der Waals surface area contributed by atoms with Gasteiger partial charge in [-0.2, -0.15) is 0 Å². The predicted molar refractivity (Wildman–Crippen MR) is 95.7 cm³/mol. The number of H-pyrrole nitrogens is 1. The van der Waals surface area contributed by atoms with Crippen LogP contribution in [0.3, 0.4) is 0 Å². The third kappa shape index (κ3) is 3.56. The summed E-state index contributed by atoms with van der Waals surface area (Å²) >= 11 is 0. The number of nitrogens with one attached hydrogen (secondary N) is 1. The topological polar surface area (TPSA) is 90.4 Å². The second kappa shape index (κ2) is 7.59. The molecule has 0 aromatic carbocycles. The van der Waals surface area contributed by atoms with Crippen molar-refractivity contribution in [1.29, 1.82) is 0 Å². The summed E-state index contributed by atoms with van der Waals surface area (Å²) in [5, 5.41) is 0. The number of nitrogens with zero attached hydrogens (tertiary/aromatic N) is 1. The highest BCUT2D eigenvalue weighted by atomic mass is 16.5. The van der Waals surface area contributed by atoms with Gasteiger partial charge in [0.15, 0.2) is 6.61 Å². The van der Waals surface area contributed by atoms with Gasteiger partial charge in [0.1, 0.15) is 5.69 Å². The molecule has 140 valence electrons. The number of hydrogen-bond acceptors (Lipinski definition) is 5. The molecule has 7 nitrogen and oxygen atoms in total. The molecule has 0 bridgehead atoms. The molecule has 0 aliphatic rings. The molecule has 0 unspecified atom stereocenters. The smallest absolute Gasteiger partial charge is 0.355 e. The summed E-state index contributed by atoms with van der Waals surface area (Å²) in [6, 6.07) is 1.77. The summed E-state index contributed by atoms with van der Waals surface area (Å²) < 4.78 is 12.1. The number of carbonyl (C=O) groups excluding carboxylic acids is 3. The number of ether oxygens (including phenoxy) is 2. The molecule has 0 aliphatic carbocycles. The second-order valence-electron chi connectivity index (χ2n) is 6.19. The van der Waals surface area contributed by atoms with Gasteiger partial charge in [-0.1, -0.05) is 0 Å². The van der Waals surface area contributed by atoms with Gasteiger partial charge in [-0.3, -0.25) is 4.79 Å². The molecule has 0 aliphatic heterocycles. The van der Waals surface area contributed by atoms with Crippen LogP contribution in [0.5, 0.6) is 0 Å². The average molecular weight is 360 g/mol. The van der Waals surface area contributed by atoms with Crippen molar-refractivity contribution in [2.24, 2.45) is 7.05 Å². The minimum Gasteiger partial charge on any atom is -0.461 e. The first-order chi connectivity index (χ1) is 12.2. The Kier molecular flexibility index (Phi) is 5.69. The molecule has 0 atom stereocenters. The Balaban J connectivity index is 2.14. The number of aryl methyl sites for hydroxylation is 2. The molecule has 0 radical (unpaired) electrons. The molecule has 7 heteroatoms. The third-order valence-corrected chi connectivity index (χ3v) is 4.53. The Morgan fingerprint density at radius 1 is 1.08 bits per heavy atom. The van der Waals surface area contributed by atoms with E-state index in [9.17, 15) is 14.4 Å². The lowest BCUT2D eigenvalue weighted by molar-refractivity contribution is 0.0473. The SMILES string of the molecule is CCOC(=O)c1[nH]c(C)c(C(=O)OCC(=O)c2cc(C)n(C)c2C)c1C. The quantitative estimate of drug-likeness (QED) is 0.632. The molecule has 1 N–H and O–H groups in total. The lowest BCUT2D eigenvalue weighted by atomic mass is 10.1.